The molecule has 0 saturated heterocycles. The minimum Gasteiger partial charge on any atom is -0.343 e. The van der Waals surface area contributed by atoms with Crippen molar-refractivity contribution in [3.8, 4) is 0 Å². The van der Waals surface area contributed by atoms with Crippen LogP contribution in [0.2, 0.25) is 0 Å². The number of aryl methyl sites for hydroxylation is 2. The van der Waals surface area contributed by atoms with E-state index in [9.17, 15) is 0 Å². The molecule has 0 saturated carbocycles. The summed E-state index contributed by atoms with van der Waals surface area (Å²) in [7, 11) is 0. The second-order valence-corrected chi connectivity index (χ2v) is 6.43. The molecule has 0 aliphatic heterocycles. The molecule has 2 heteroatoms. The Morgan fingerprint density at radius 2 is 1.90 bits per heavy atom. The third-order valence-corrected chi connectivity index (χ3v) is 4.97. The average molecular weight is 326 g/mol. The molecular formula is C18H16BrN. The average Bonchev–Trinajstić information content (AvgIpc) is 3.06. The smallest absolute Gasteiger partial charge is 0.0494 e. The van der Waals surface area contributed by atoms with E-state index in [1.807, 2.05) is 0 Å². The Morgan fingerprint density at radius 1 is 1.00 bits per heavy atom. The minimum atomic E-state index is 0.952. The number of benzene rings is 2. The third-order valence-electron chi connectivity index (χ3n) is 4.28. The fourth-order valence-electron chi connectivity index (χ4n) is 3.24. The van der Waals surface area contributed by atoms with Crippen molar-refractivity contribution in [1.82, 2.24) is 4.57 Å². The first-order chi connectivity index (χ1) is 9.81. The van der Waals surface area contributed by atoms with Gasteiger partial charge in [0.05, 0.1) is 0 Å². The molecule has 0 N–H and O–H groups in total. The van der Waals surface area contributed by atoms with E-state index in [0.717, 1.165) is 6.54 Å². The van der Waals surface area contributed by atoms with Gasteiger partial charge in [0.15, 0.2) is 0 Å². The Balaban J connectivity index is 1.72. The summed E-state index contributed by atoms with van der Waals surface area (Å²) in [6, 6.07) is 15.6. The minimum absolute atomic E-state index is 0.952. The van der Waals surface area contributed by atoms with Gasteiger partial charge in [0.1, 0.15) is 0 Å². The summed E-state index contributed by atoms with van der Waals surface area (Å²) in [6.07, 6.45) is 6.01. The lowest BCUT2D eigenvalue weighted by Gasteiger charge is -2.08. The van der Waals surface area contributed by atoms with E-state index in [1.54, 1.807) is 11.1 Å². The Morgan fingerprint density at radius 3 is 2.85 bits per heavy atom. The van der Waals surface area contributed by atoms with Gasteiger partial charge in [-0.25, -0.2) is 0 Å². The molecule has 0 amide bonds. The van der Waals surface area contributed by atoms with Crippen LogP contribution in [0.5, 0.6) is 0 Å². The molecule has 20 heavy (non-hydrogen) atoms. The fraction of sp³-hybridized carbons (Fsp3) is 0.222. The number of hydrogen-bond acceptors (Lipinski definition) is 0. The van der Waals surface area contributed by atoms with Crippen LogP contribution in [0, 0.1) is 0 Å². The molecule has 0 spiro atoms. The van der Waals surface area contributed by atoms with E-state index in [0.29, 0.717) is 0 Å². The van der Waals surface area contributed by atoms with Gasteiger partial charge in [-0.1, -0.05) is 40.2 Å². The molecule has 0 bridgehead atoms. The number of rotatable bonds is 2. The highest BCUT2D eigenvalue weighted by Crippen LogP contribution is 2.27. The molecule has 1 aromatic heterocycles. The first-order valence-electron chi connectivity index (χ1n) is 7.15. The molecule has 0 unspecified atom stereocenters. The van der Waals surface area contributed by atoms with Crippen molar-refractivity contribution in [2.45, 2.75) is 25.8 Å². The second-order valence-electron chi connectivity index (χ2n) is 5.57. The Hall–Kier alpha value is -1.54. The highest BCUT2D eigenvalue weighted by molar-refractivity contribution is 9.10. The molecule has 1 nitrogen and oxygen atoms in total. The molecule has 1 aliphatic rings. The quantitative estimate of drug-likeness (QED) is 0.628. The van der Waals surface area contributed by atoms with Gasteiger partial charge in [0.25, 0.3) is 0 Å². The fourth-order valence-corrected chi connectivity index (χ4v) is 3.73. The van der Waals surface area contributed by atoms with Crippen molar-refractivity contribution < 1.29 is 0 Å². The highest BCUT2D eigenvalue weighted by Gasteiger charge is 2.11. The molecule has 1 aliphatic carbocycles. The van der Waals surface area contributed by atoms with E-state index in [2.05, 4.69) is 69.2 Å². The predicted molar refractivity (Wildman–Crippen MR) is 87.2 cm³/mol. The standard InChI is InChI=1S/C18H16BrN/c19-17-5-2-6-18-16(17)9-10-20(18)12-13-7-8-14-3-1-4-15(14)11-13/h2,5-11H,1,3-4,12H2. The molecule has 0 atom stereocenters. The van der Waals surface area contributed by atoms with E-state index in [-0.39, 0.29) is 0 Å². The van der Waals surface area contributed by atoms with Gasteiger partial charge in [-0.15, -0.1) is 0 Å². The third kappa shape index (κ3) is 1.99. The van der Waals surface area contributed by atoms with Gasteiger partial charge in [-0.3, -0.25) is 0 Å². The molecular weight excluding hydrogens is 310 g/mol. The zero-order valence-corrected chi connectivity index (χ0v) is 12.9. The van der Waals surface area contributed by atoms with Gasteiger partial charge in [-0.05, 0) is 54.2 Å². The van der Waals surface area contributed by atoms with Crippen LogP contribution in [0.25, 0.3) is 10.9 Å². The molecule has 2 aromatic carbocycles. The number of fused-ring (bicyclic) bond motifs is 2. The molecule has 0 fully saturated rings. The predicted octanol–water partition coefficient (Wildman–Crippen LogP) is 4.94. The van der Waals surface area contributed by atoms with Crippen LogP contribution in [0.3, 0.4) is 0 Å². The van der Waals surface area contributed by atoms with Crippen LogP contribution < -0.4 is 0 Å². The van der Waals surface area contributed by atoms with Gasteiger partial charge >= 0.3 is 0 Å². The van der Waals surface area contributed by atoms with Crippen LogP contribution >= 0.6 is 15.9 Å². The summed E-state index contributed by atoms with van der Waals surface area (Å²) >= 11 is 3.62. The molecule has 100 valence electrons. The summed E-state index contributed by atoms with van der Waals surface area (Å²) in [5, 5.41) is 1.29. The monoisotopic (exact) mass is 325 g/mol. The normalized spacial score (nSPS) is 13.8. The summed E-state index contributed by atoms with van der Waals surface area (Å²) in [4.78, 5) is 0. The van der Waals surface area contributed by atoms with Crippen LogP contribution in [0.15, 0.2) is 53.1 Å². The lowest BCUT2D eigenvalue weighted by Crippen LogP contribution is -1.98. The number of halogens is 1. The zero-order chi connectivity index (χ0) is 13.5. The van der Waals surface area contributed by atoms with Crippen LogP contribution in [-0.2, 0) is 19.4 Å². The molecule has 3 aromatic rings. The summed E-state index contributed by atoms with van der Waals surface area (Å²) in [5.74, 6) is 0. The van der Waals surface area contributed by atoms with Gasteiger partial charge in [0.2, 0.25) is 0 Å². The van der Waals surface area contributed by atoms with E-state index >= 15 is 0 Å². The first-order valence-corrected chi connectivity index (χ1v) is 7.94. The summed E-state index contributed by atoms with van der Waals surface area (Å²) < 4.78 is 3.50. The van der Waals surface area contributed by atoms with Crippen molar-refractivity contribution in [3.05, 3.63) is 69.8 Å². The molecule has 1 heterocycles. The van der Waals surface area contributed by atoms with E-state index in [4.69, 9.17) is 0 Å². The Labute approximate surface area is 127 Å². The Kier molecular flexibility index (Phi) is 2.92. The van der Waals surface area contributed by atoms with Crippen molar-refractivity contribution >= 4 is 26.8 Å². The lowest BCUT2D eigenvalue weighted by atomic mass is 10.1. The van der Waals surface area contributed by atoms with Crippen LogP contribution in [0.1, 0.15) is 23.1 Å². The van der Waals surface area contributed by atoms with E-state index < -0.39 is 0 Å². The first kappa shape index (κ1) is 12.2. The second kappa shape index (κ2) is 4.78. The largest absolute Gasteiger partial charge is 0.343 e. The van der Waals surface area contributed by atoms with Crippen molar-refractivity contribution in [2.75, 3.05) is 0 Å². The van der Waals surface area contributed by atoms with Crippen LogP contribution in [-0.4, -0.2) is 4.57 Å². The van der Waals surface area contributed by atoms with E-state index in [1.165, 1.54) is 40.2 Å². The van der Waals surface area contributed by atoms with Crippen molar-refractivity contribution in [2.24, 2.45) is 0 Å². The number of hydrogen-bond donors (Lipinski definition) is 0. The number of nitrogens with zero attached hydrogens (tertiary/aromatic N) is 1. The van der Waals surface area contributed by atoms with Crippen molar-refractivity contribution in [3.63, 3.8) is 0 Å². The SMILES string of the molecule is Brc1cccc2c1ccn2Cc1ccc2c(c1)CCC2. The summed E-state index contributed by atoms with van der Waals surface area (Å²) in [5.41, 5.74) is 5.80. The zero-order valence-electron chi connectivity index (χ0n) is 11.3. The Bertz CT molecular complexity index is 785. The topological polar surface area (TPSA) is 4.93 Å². The van der Waals surface area contributed by atoms with Gasteiger partial charge < -0.3 is 4.57 Å². The maximum absolute atomic E-state index is 3.62. The van der Waals surface area contributed by atoms with Crippen molar-refractivity contribution in [1.29, 1.82) is 0 Å². The maximum atomic E-state index is 3.62. The number of aromatic nitrogens is 1. The molecule has 0 radical (unpaired) electrons. The maximum Gasteiger partial charge on any atom is 0.0494 e. The van der Waals surface area contributed by atoms with Gasteiger partial charge in [0, 0.05) is 28.1 Å². The summed E-state index contributed by atoms with van der Waals surface area (Å²) in [6.45, 7) is 0.952. The molecule has 4 rings (SSSR count). The van der Waals surface area contributed by atoms with Gasteiger partial charge in [-0.2, -0.15) is 0 Å². The van der Waals surface area contributed by atoms with Crippen LogP contribution in [0.4, 0.5) is 0 Å². The lowest BCUT2D eigenvalue weighted by molar-refractivity contribution is 0.834. The highest BCUT2D eigenvalue weighted by atomic mass is 79.9.